The van der Waals surface area contributed by atoms with Gasteiger partial charge in [-0.2, -0.15) is 0 Å². The molecule has 0 aliphatic heterocycles. The van der Waals surface area contributed by atoms with Crippen LogP contribution in [0.25, 0.3) is 0 Å². The average molecular weight is 401 g/mol. The lowest BCUT2D eigenvalue weighted by Gasteiger charge is -2.04. The highest BCUT2D eigenvalue weighted by Gasteiger charge is 2.14. The Morgan fingerprint density at radius 3 is 1.68 bits per heavy atom. The van der Waals surface area contributed by atoms with Crippen LogP contribution in [0.2, 0.25) is 0 Å². The quantitative estimate of drug-likeness (QED) is 0.570. The fourth-order valence-electron chi connectivity index (χ4n) is 2.11. The molecule has 0 bridgehead atoms. The van der Waals surface area contributed by atoms with Gasteiger partial charge in [0.2, 0.25) is 0 Å². The van der Waals surface area contributed by atoms with Crippen molar-refractivity contribution in [1.82, 2.24) is 0 Å². The van der Waals surface area contributed by atoms with Crippen molar-refractivity contribution in [2.24, 2.45) is 0 Å². The molecule has 3 aromatic rings. The van der Waals surface area contributed by atoms with Crippen LogP contribution in [0.5, 0.6) is 0 Å². The first-order valence-electron chi connectivity index (χ1n) is 7.31. The molecule has 0 radical (unpaired) electrons. The lowest BCUT2D eigenvalue weighted by Crippen LogP contribution is -3.61. The number of hydrogen-bond donors (Lipinski definition) is 0. The molecule has 22 heavy (non-hydrogen) atoms. The van der Waals surface area contributed by atoms with Gasteiger partial charge in [-0.3, -0.25) is 0 Å². The van der Waals surface area contributed by atoms with Crippen molar-refractivity contribution >= 4 is 0 Å². The fraction of sp³-hybridized carbons (Fsp3) is 0.100. The molecule has 3 aromatic carbocycles. The maximum absolute atomic E-state index is 5.77. The Morgan fingerprint density at radius 1 is 0.545 bits per heavy atom. The summed E-state index contributed by atoms with van der Waals surface area (Å²) in [7, 11) is 0. The molecular formula is C20H18IO+. The summed E-state index contributed by atoms with van der Waals surface area (Å²) in [5.41, 5.74) is 2.45. The molecule has 0 amide bonds. The number of halogens is 1. The zero-order valence-electron chi connectivity index (χ0n) is 12.3. The minimum absolute atomic E-state index is 0.0752. The Bertz CT molecular complexity index is 678. The number of ether oxygens (including phenoxy) is 1. The van der Waals surface area contributed by atoms with Gasteiger partial charge >= 0.3 is 21.2 Å². The third-order valence-corrected chi connectivity index (χ3v) is 5.93. The van der Waals surface area contributed by atoms with Crippen LogP contribution in [-0.2, 0) is 18.0 Å². The van der Waals surface area contributed by atoms with Gasteiger partial charge in [-0.15, -0.1) is 0 Å². The van der Waals surface area contributed by atoms with Crippen LogP contribution in [0, 0.1) is 7.14 Å². The molecule has 2 heteroatoms. The van der Waals surface area contributed by atoms with Crippen molar-refractivity contribution in [3.8, 4) is 0 Å². The molecule has 0 aromatic heterocycles. The highest BCUT2D eigenvalue weighted by Crippen LogP contribution is 2.05. The maximum Gasteiger partial charge on any atom is 0.357 e. The van der Waals surface area contributed by atoms with Gasteiger partial charge in [-0.1, -0.05) is 60.7 Å². The van der Waals surface area contributed by atoms with Crippen LogP contribution in [0.1, 0.15) is 11.1 Å². The van der Waals surface area contributed by atoms with E-state index in [4.69, 9.17) is 4.74 Å². The Balaban J connectivity index is 1.51. The first kappa shape index (κ1) is 15.3. The second-order valence-corrected chi connectivity index (χ2v) is 8.03. The van der Waals surface area contributed by atoms with Gasteiger partial charge in [0.25, 0.3) is 0 Å². The van der Waals surface area contributed by atoms with E-state index in [-0.39, 0.29) is 21.2 Å². The van der Waals surface area contributed by atoms with Gasteiger partial charge in [0, 0.05) is 0 Å². The van der Waals surface area contributed by atoms with Crippen molar-refractivity contribution in [1.29, 1.82) is 0 Å². The summed E-state index contributed by atoms with van der Waals surface area (Å²) in [6.07, 6.45) is 0. The molecule has 0 fully saturated rings. The van der Waals surface area contributed by atoms with Crippen LogP contribution in [0.3, 0.4) is 0 Å². The third kappa shape index (κ3) is 4.68. The topological polar surface area (TPSA) is 9.23 Å². The minimum atomic E-state index is -0.0752. The minimum Gasteiger partial charge on any atom is -0.372 e. The smallest absolute Gasteiger partial charge is 0.357 e. The molecule has 0 unspecified atom stereocenters. The summed E-state index contributed by atoms with van der Waals surface area (Å²) in [6.45, 7) is 1.33. The van der Waals surface area contributed by atoms with E-state index in [1.165, 1.54) is 18.3 Å². The van der Waals surface area contributed by atoms with Gasteiger partial charge in [0.1, 0.15) is 0 Å². The summed E-state index contributed by atoms with van der Waals surface area (Å²) < 4.78 is 8.67. The predicted molar refractivity (Wildman–Crippen MR) is 85.2 cm³/mol. The molecule has 0 heterocycles. The second-order valence-electron chi connectivity index (χ2n) is 4.99. The van der Waals surface area contributed by atoms with E-state index in [0.29, 0.717) is 13.2 Å². The zero-order chi connectivity index (χ0) is 15.0. The van der Waals surface area contributed by atoms with E-state index in [9.17, 15) is 0 Å². The highest BCUT2D eigenvalue weighted by molar-refractivity contribution is 5.15. The van der Waals surface area contributed by atoms with Crippen molar-refractivity contribution in [3.63, 3.8) is 0 Å². The monoisotopic (exact) mass is 401 g/mol. The first-order chi connectivity index (χ1) is 10.9. The normalized spacial score (nSPS) is 10.5. The number of benzene rings is 3. The standard InChI is InChI=1S/C20H18IO/c1-3-7-17(8-4-1)15-22-16-18-11-13-20(14-12-18)21-19-9-5-2-6-10-19/h1-14H,15-16H2/q+1. The largest absolute Gasteiger partial charge is 0.372 e. The molecular weight excluding hydrogens is 383 g/mol. The van der Waals surface area contributed by atoms with Crippen molar-refractivity contribution in [3.05, 3.63) is 103 Å². The summed E-state index contributed by atoms with van der Waals surface area (Å²) in [5.74, 6) is 0. The van der Waals surface area contributed by atoms with Crippen molar-refractivity contribution in [2.45, 2.75) is 13.2 Å². The van der Waals surface area contributed by atoms with Crippen LogP contribution in [-0.4, -0.2) is 0 Å². The maximum atomic E-state index is 5.77. The predicted octanol–water partition coefficient (Wildman–Crippen LogP) is 1.53. The molecule has 110 valence electrons. The van der Waals surface area contributed by atoms with E-state index in [1.807, 2.05) is 18.2 Å². The van der Waals surface area contributed by atoms with Gasteiger partial charge < -0.3 is 4.74 Å². The average Bonchev–Trinajstić information content (AvgIpc) is 2.58. The molecule has 3 rings (SSSR count). The van der Waals surface area contributed by atoms with E-state index < -0.39 is 0 Å². The van der Waals surface area contributed by atoms with Crippen LogP contribution >= 0.6 is 0 Å². The van der Waals surface area contributed by atoms with Crippen LogP contribution in [0.15, 0.2) is 84.9 Å². The van der Waals surface area contributed by atoms with Crippen molar-refractivity contribution < 1.29 is 25.9 Å². The third-order valence-electron chi connectivity index (χ3n) is 3.24. The summed E-state index contributed by atoms with van der Waals surface area (Å²) in [4.78, 5) is 0. The van der Waals surface area contributed by atoms with Crippen LogP contribution in [0.4, 0.5) is 0 Å². The zero-order valence-corrected chi connectivity index (χ0v) is 14.4. The number of hydrogen-bond acceptors (Lipinski definition) is 1. The molecule has 0 atom stereocenters. The summed E-state index contributed by atoms with van der Waals surface area (Å²) in [6, 6.07) is 29.9. The van der Waals surface area contributed by atoms with Gasteiger partial charge in [-0.05, 0) is 35.4 Å². The Morgan fingerprint density at radius 2 is 1.05 bits per heavy atom. The molecule has 0 saturated carbocycles. The van der Waals surface area contributed by atoms with E-state index in [0.717, 1.165) is 0 Å². The van der Waals surface area contributed by atoms with E-state index in [1.54, 1.807) is 0 Å². The summed E-state index contributed by atoms with van der Waals surface area (Å²) in [5, 5.41) is 0. The lowest BCUT2D eigenvalue weighted by molar-refractivity contribution is -0.597. The molecule has 0 spiro atoms. The summed E-state index contributed by atoms with van der Waals surface area (Å²) >= 11 is -0.0752. The van der Waals surface area contributed by atoms with Gasteiger partial charge in [0.05, 0.1) is 13.2 Å². The fourth-order valence-corrected chi connectivity index (χ4v) is 4.32. The Labute approximate surface area is 142 Å². The SMILES string of the molecule is c1ccc(COCc2ccc([I+]c3ccccc3)cc2)cc1. The Hall–Kier alpha value is -1.65. The van der Waals surface area contributed by atoms with E-state index in [2.05, 4.69) is 66.7 Å². The molecule has 1 nitrogen and oxygen atoms in total. The van der Waals surface area contributed by atoms with Crippen LogP contribution < -0.4 is 21.2 Å². The second kappa shape index (κ2) is 8.11. The lowest BCUT2D eigenvalue weighted by atomic mass is 10.2. The molecule has 0 aliphatic rings. The van der Waals surface area contributed by atoms with Gasteiger partial charge in [-0.25, -0.2) is 0 Å². The van der Waals surface area contributed by atoms with E-state index >= 15 is 0 Å². The molecule has 0 aliphatic carbocycles. The number of rotatable bonds is 6. The molecule has 0 saturated heterocycles. The Kier molecular flexibility index (Phi) is 5.62. The highest BCUT2D eigenvalue weighted by atomic mass is 127. The van der Waals surface area contributed by atoms with Crippen molar-refractivity contribution in [2.75, 3.05) is 0 Å². The first-order valence-corrected chi connectivity index (χ1v) is 9.46. The molecule has 0 N–H and O–H groups in total. The van der Waals surface area contributed by atoms with Gasteiger partial charge in [0.15, 0.2) is 7.14 Å².